The van der Waals surface area contributed by atoms with Crippen molar-refractivity contribution in [1.29, 1.82) is 0 Å². The standard InChI is InChI=1S/C28H31N3O2/c1-20-7-6-8-22(17-20)19-31-15-13-25(14-16-31)29-28(33)24-12-11-21(2)26(18-24)30-27(32)23-9-4-3-5-10-23/h3-12,17-18,25H,13-16,19H2,1-2H3,(H,29,33)(H,30,32). The summed E-state index contributed by atoms with van der Waals surface area (Å²) in [5, 5.41) is 6.11. The predicted molar refractivity (Wildman–Crippen MR) is 133 cm³/mol. The van der Waals surface area contributed by atoms with Gasteiger partial charge in [0.25, 0.3) is 11.8 Å². The third kappa shape index (κ3) is 6.08. The Morgan fingerprint density at radius 3 is 2.33 bits per heavy atom. The van der Waals surface area contributed by atoms with E-state index in [1.807, 2.05) is 37.3 Å². The first kappa shape index (κ1) is 22.7. The number of anilines is 1. The van der Waals surface area contributed by atoms with Gasteiger partial charge in [0.05, 0.1) is 0 Å². The Morgan fingerprint density at radius 1 is 0.848 bits per heavy atom. The average Bonchev–Trinajstić information content (AvgIpc) is 2.82. The molecule has 5 heteroatoms. The molecule has 5 nitrogen and oxygen atoms in total. The predicted octanol–water partition coefficient (Wildman–Crippen LogP) is 4.95. The summed E-state index contributed by atoms with van der Waals surface area (Å²) < 4.78 is 0. The molecule has 2 amide bonds. The highest BCUT2D eigenvalue weighted by atomic mass is 16.2. The molecule has 0 aliphatic carbocycles. The molecule has 1 heterocycles. The van der Waals surface area contributed by atoms with Gasteiger partial charge in [0.15, 0.2) is 0 Å². The zero-order valence-electron chi connectivity index (χ0n) is 19.3. The van der Waals surface area contributed by atoms with E-state index >= 15 is 0 Å². The van der Waals surface area contributed by atoms with Crippen LogP contribution < -0.4 is 10.6 Å². The average molecular weight is 442 g/mol. The van der Waals surface area contributed by atoms with Gasteiger partial charge in [0, 0.05) is 42.5 Å². The Morgan fingerprint density at radius 2 is 1.61 bits per heavy atom. The molecule has 2 N–H and O–H groups in total. The molecule has 0 bridgehead atoms. The van der Waals surface area contributed by atoms with Gasteiger partial charge in [0.1, 0.15) is 0 Å². The second-order valence-electron chi connectivity index (χ2n) is 8.86. The first-order valence-corrected chi connectivity index (χ1v) is 11.5. The van der Waals surface area contributed by atoms with Gasteiger partial charge in [-0.25, -0.2) is 0 Å². The number of rotatable bonds is 6. The molecule has 170 valence electrons. The number of benzene rings is 3. The zero-order chi connectivity index (χ0) is 23.2. The molecule has 0 spiro atoms. The number of nitrogens with one attached hydrogen (secondary N) is 2. The number of hydrogen-bond donors (Lipinski definition) is 2. The van der Waals surface area contributed by atoms with Gasteiger partial charge < -0.3 is 10.6 Å². The molecule has 1 saturated heterocycles. The molecular weight excluding hydrogens is 410 g/mol. The molecule has 0 unspecified atom stereocenters. The number of likely N-dealkylation sites (tertiary alicyclic amines) is 1. The van der Waals surface area contributed by atoms with E-state index in [-0.39, 0.29) is 17.9 Å². The fourth-order valence-corrected chi connectivity index (χ4v) is 4.25. The molecule has 3 aromatic rings. The Kier molecular flexibility index (Phi) is 7.20. The molecule has 0 radical (unpaired) electrons. The van der Waals surface area contributed by atoms with Gasteiger partial charge >= 0.3 is 0 Å². The zero-order valence-corrected chi connectivity index (χ0v) is 19.3. The van der Waals surface area contributed by atoms with Crippen molar-refractivity contribution in [3.05, 3.63) is 101 Å². The largest absolute Gasteiger partial charge is 0.349 e. The summed E-state index contributed by atoms with van der Waals surface area (Å²) >= 11 is 0. The fraction of sp³-hybridized carbons (Fsp3) is 0.286. The normalized spacial score (nSPS) is 14.6. The fourth-order valence-electron chi connectivity index (χ4n) is 4.25. The lowest BCUT2D eigenvalue weighted by Crippen LogP contribution is -2.44. The molecular formula is C28H31N3O2. The number of carbonyl (C=O) groups is 2. The minimum absolute atomic E-state index is 0.0951. The lowest BCUT2D eigenvalue weighted by atomic mass is 10.0. The van der Waals surface area contributed by atoms with Gasteiger partial charge in [-0.2, -0.15) is 0 Å². The highest BCUT2D eigenvalue weighted by Gasteiger charge is 2.21. The third-order valence-corrected chi connectivity index (χ3v) is 6.20. The Hall–Kier alpha value is -3.44. The molecule has 1 fully saturated rings. The van der Waals surface area contributed by atoms with Crippen LogP contribution in [-0.2, 0) is 6.54 Å². The molecule has 0 atom stereocenters. The summed E-state index contributed by atoms with van der Waals surface area (Å²) in [7, 11) is 0. The van der Waals surface area contributed by atoms with Crippen LogP contribution in [0.2, 0.25) is 0 Å². The van der Waals surface area contributed by atoms with E-state index in [0.717, 1.165) is 38.0 Å². The number of carbonyl (C=O) groups excluding carboxylic acids is 2. The number of piperidine rings is 1. The van der Waals surface area contributed by atoms with Crippen molar-refractivity contribution < 1.29 is 9.59 Å². The summed E-state index contributed by atoms with van der Waals surface area (Å²) in [5.41, 5.74) is 5.34. The molecule has 0 aromatic heterocycles. The molecule has 1 aliphatic rings. The third-order valence-electron chi connectivity index (χ3n) is 6.20. The van der Waals surface area contributed by atoms with Crippen LogP contribution in [0, 0.1) is 13.8 Å². The van der Waals surface area contributed by atoms with Crippen LogP contribution in [0.25, 0.3) is 0 Å². The van der Waals surface area contributed by atoms with Crippen molar-refractivity contribution in [2.75, 3.05) is 18.4 Å². The van der Waals surface area contributed by atoms with Gasteiger partial charge in [-0.05, 0) is 62.1 Å². The molecule has 4 rings (SSSR count). The maximum absolute atomic E-state index is 12.9. The molecule has 1 aliphatic heterocycles. The van der Waals surface area contributed by atoms with Crippen molar-refractivity contribution in [2.24, 2.45) is 0 Å². The summed E-state index contributed by atoms with van der Waals surface area (Å²) in [6, 6.07) is 23.3. The molecule has 33 heavy (non-hydrogen) atoms. The lowest BCUT2D eigenvalue weighted by molar-refractivity contribution is 0.0908. The minimum Gasteiger partial charge on any atom is -0.349 e. The SMILES string of the molecule is Cc1cccc(CN2CCC(NC(=O)c3ccc(C)c(NC(=O)c4ccccc4)c3)CC2)c1. The summed E-state index contributed by atoms with van der Waals surface area (Å²) in [4.78, 5) is 27.9. The monoisotopic (exact) mass is 441 g/mol. The maximum Gasteiger partial charge on any atom is 0.255 e. The topological polar surface area (TPSA) is 61.4 Å². The second kappa shape index (κ2) is 10.5. The highest BCUT2D eigenvalue weighted by molar-refractivity contribution is 6.05. The van der Waals surface area contributed by atoms with E-state index in [0.29, 0.717) is 16.8 Å². The van der Waals surface area contributed by atoms with Gasteiger partial charge in [0.2, 0.25) is 0 Å². The Labute approximate surface area is 195 Å². The number of amides is 2. The first-order chi connectivity index (χ1) is 16.0. The van der Waals surface area contributed by atoms with Gasteiger partial charge in [-0.15, -0.1) is 0 Å². The Bertz CT molecular complexity index is 1120. The van der Waals surface area contributed by atoms with E-state index < -0.39 is 0 Å². The number of hydrogen-bond acceptors (Lipinski definition) is 3. The van der Waals surface area contributed by atoms with E-state index in [4.69, 9.17) is 0 Å². The van der Waals surface area contributed by atoms with Gasteiger partial charge in [-0.1, -0.05) is 54.1 Å². The van der Waals surface area contributed by atoms with Crippen LogP contribution >= 0.6 is 0 Å². The van der Waals surface area contributed by atoms with Gasteiger partial charge in [-0.3, -0.25) is 14.5 Å². The Balaban J connectivity index is 1.32. The summed E-state index contributed by atoms with van der Waals surface area (Å²) in [6.07, 6.45) is 1.86. The van der Waals surface area contributed by atoms with Crippen LogP contribution in [0.4, 0.5) is 5.69 Å². The molecule has 0 saturated carbocycles. The van der Waals surface area contributed by atoms with E-state index in [9.17, 15) is 9.59 Å². The summed E-state index contributed by atoms with van der Waals surface area (Å²) in [5.74, 6) is -0.278. The van der Waals surface area contributed by atoms with Crippen molar-refractivity contribution in [1.82, 2.24) is 10.2 Å². The van der Waals surface area contributed by atoms with Crippen molar-refractivity contribution in [3.63, 3.8) is 0 Å². The maximum atomic E-state index is 12.9. The van der Waals surface area contributed by atoms with Crippen LogP contribution in [-0.4, -0.2) is 35.8 Å². The summed E-state index contributed by atoms with van der Waals surface area (Å²) in [6.45, 7) is 6.92. The van der Waals surface area contributed by atoms with E-state index in [2.05, 4.69) is 46.7 Å². The highest BCUT2D eigenvalue weighted by Crippen LogP contribution is 2.20. The van der Waals surface area contributed by atoms with Crippen molar-refractivity contribution >= 4 is 17.5 Å². The van der Waals surface area contributed by atoms with E-state index in [1.165, 1.54) is 11.1 Å². The van der Waals surface area contributed by atoms with Crippen molar-refractivity contribution in [3.8, 4) is 0 Å². The number of aryl methyl sites for hydroxylation is 2. The second-order valence-corrected chi connectivity index (χ2v) is 8.86. The smallest absolute Gasteiger partial charge is 0.255 e. The van der Waals surface area contributed by atoms with Crippen molar-refractivity contribution in [2.45, 2.75) is 39.3 Å². The first-order valence-electron chi connectivity index (χ1n) is 11.5. The van der Waals surface area contributed by atoms with Crippen LogP contribution in [0.3, 0.4) is 0 Å². The van der Waals surface area contributed by atoms with E-state index in [1.54, 1.807) is 18.2 Å². The molecule has 3 aromatic carbocycles. The van der Waals surface area contributed by atoms with Crippen LogP contribution in [0.15, 0.2) is 72.8 Å². The lowest BCUT2D eigenvalue weighted by Gasteiger charge is -2.32. The van der Waals surface area contributed by atoms with Crippen LogP contribution in [0.5, 0.6) is 0 Å². The quantitative estimate of drug-likeness (QED) is 0.569. The van der Waals surface area contributed by atoms with Crippen LogP contribution in [0.1, 0.15) is 50.2 Å². The number of nitrogens with zero attached hydrogens (tertiary/aromatic N) is 1. The minimum atomic E-state index is -0.183.